The summed E-state index contributed by atoms with van der Waals surface area (Å²) in [6.07, 6.45) is 0. The first kappa shape index (κ1) is 13.9. The summed E-state index contributed by atoms with van der Waals surface area (Å²) in [6.45, 7) is 10.6. The van der Waals surface area contributed by atoms with Crippen LogP contribution in [-0.2, 0) is 0 Å². The van der Waals surface area contributed by atoms with Crippen LogP contribution in [0.4, 0.5) is 5.69 Å². The van der Waals surface area contributed by atoms with Crippen LogP contribution in [0.3, 0.4) is 0 Å². The predicted molar refractivity (Wildman–Crippen MR) is 85.6 cm³/mol. The molecule has 1 fully saturated rings. The fourth-order valence-corrected chi connectivity index (χ4v) is 2.40. The van der Waals surface area contributed by atoms with Crippen molar-refractivity contribution in [3.8, 4) is 0 Å². The van der Waals surface area contributed by atoms with Crippen molar-refractivity contribution < 1.29 is 0 Å². The molecule has 1 aliphatic heterocycles. The van der Waals surface area contributed by atoms with Crippen molar-refractivity contribution >= 4 is 23.0 Å². The van der Waals surface area contributed by atoms with E-state index in [1.54, 1.807) is 0 Å². The highest BCUT2D eigenvalue weighted by Crippen LogP contribution is 2.15. The second-order valence-corrected chi connectivity index (χ2v) is 5.31. The summed E-state index contributed by atoms with van der Waals surface area (Å²) in [5.74, 6) is 0. The predicted octanol–water partition coefficient (Wildman–Crippen LogP) is 2.26. The Bertz CT molecular complexity index is 436. The largest absolute Gasteiger partial charge is 0.368 e. The first-order chi connectivity index (χ1) is 9.16. The molecule has 0 spiro atoms. The summed E-state index contributed by atoms with van der Waals surface area (Å²) in [4.78, 5) is 4.63. The van der Waals surface area contributed by atoms with Crippen molar-refractivity contribution in [1.29, 1.82) is 0 Å². The summed E-state index contributed by atoms with van der Waals surface area (Å²) >= 11 is 5.40. The molecule has 2 rings (SSSR count). The molecule has 0 bridgehead atoms. The Morgan fingerprint density at radius 3 is 2.42 bits per heavy atom. The number of piperazine rings is 1. The number of nitrogens with one attached hydrogen (secondary N) is 1. The van der Waals surface area contributed by atoms with Crippen molar-refractivity contribution in [2.45, 2.75) is 6.92 Å². The van der Waals surface area contributed by atoms with Crippen LogP contribution in [0.1, 0.15) is 6.92 Å². The van der Waals surface area contributed by atoms with Crippen molar-refractivity contribution in [2.75, 3.05) is 37.6 Å². The Labute approximate surface area is 120 Å². The number of nitrogens with zero attached hydrogens (tertiary/aromatic N) is 2. The maximum atomic E-state index is 5.40. The SMILES string of the molecule is C=C(C)CNC(=S)N1CCN(c2ccccc2)CC1. The van der Waals surface area contributed by atoms with E-state index >= 15 is 0 Å². The quantitative estimate of drug-likeness (QED) is 0.673. The maximum Gasteiger partial charge on any atom is 0.169 e. The minimum absolute atomic E-state index is 0.762. The van der Waals surface area contributed by atoms with E-state index in [2.05, 4.69) is 52.0 Å². The summed E-state index contributed by atoms with van der Waals surface area (Å²) < 4.78 is 0. The van der Waals surface area contributed by atoms with E-state index in [0.717, 1.165) is 43.4 Å². The highest BCUT2D eigenvalue weighted by Gasteiger charge is 2.18. The Morgan fingerprint density at radius 2 is 1.84 bits per heavy atom. The molecule has 0 radical (unpaired) electrons. The standard InChI is InChI=1S/C15H21N3S/c1-13(2)12-16-15(19)18-10-8-17(9-11-18)14-6-4-3-5-7-14/h3-7H,1,8-12H2,2H3,(H,16,19). The van der Waals surface area contributed by atoms with Gasteiger partial charge in [-0.3, -0.25) is 0 Å². The van der Waals surface area contributed by atoms with Crippen LogP contribution in [0.25, 0.3) is 0 Å². The monoisotopic (exact) mass is 275 g/mol. The van der Waals surface area contributed by atoms with Crippen molar-refractivity contribution in [2.24, 2.45) is 0 Å². The van der Waals surface area contributed by atoms with Gasteiger partial charge in [-0.05, 0) is 31.3 Å². The Kier molecular flexibility index (Phi) is 4.80. The van der Waals surface area contributed by atoms with Gasteiger partial charge in [0.15, 0.2) is 5.11 Å². The lowest BCUT2D eigenvalue weighted by atomic mass is 10.2. The third-order valence-corrected chi connectivity index (χ3v) is 3.63. The van der Waals surface area contributed by atoms with E-state index in [1.807, 2.05) is 6.92 Å². The fourth-order valence-electron chi connectivity index (χ4n) is 2.14. The molecule has 0 atom stereocenters. The zero-order valence-electron chi connectivity index (χ0n) is 11.4. The van der Waals surface area contributed by atoms with Crippen LogP contribution in [0.15, 0.2) is 42.5 Å². The van der Waals surface area contributed by atoms with E-state index in [4.69, 9.17) is 12.2 Å². The lowest BCUT2D eigenvalue weighted by Crippen LogP contribution is -2.51. The summed E-state index contributed by atoms with van der Waals surface area (Å²) in [6, 6.07) is 10.5. The molecule has 19 heavy (non-hydrogen) atoms. The fraction of sp³-hybridized carbons (Fsp3) is 0.400. The van der Waals surface area contributed by atoms with Gasteiger partial charge in [-0.15, -0.1) is 0 Å². The smallest absolute Gasteiger partial charge is 0.169 e. The minimum Gasteiger partial charge on any atom is -0.368 e. The Balaban J connectivity index is 1.82. The van der Waals surface area contributed by atoms with E-state index in [1.165, 1.54) is 5.69 Å². The lowest BCUT2D eigenvalue weighted by Gasteiger charge is -2.37. The topological polar surface area (TPSA) is 18.5 Å². The molecule has 1 heterocycles. The number of thiocarbonyl (C=S) groups is 1. The van der Waals surface area contributed by atoms with Gasteiger partial charge in [0.05, 0.1) is 0 Å². The van der Waals surface area contributed by atoms with Gasteiger partial charge < -0.3 is 15.1 Å². The van der Waals surface area contributed by atoms with Gasteiger partial charge in [-0.2, -0.15) is 0 Å². The van der Waals surface area contributed by atoms with E-state index in [-0.39, 0.29) is 0 Å². The highest BCUT2D eigenvalue weighted by molar-refractivity contribution is 7.80. The molecule has 1 aliphatic rings. The van der Waals surface area contributed by atoms with Crippen molar-refractivity contribution in [3.63, 3.8) is 0 Å². The minimum atomic E-state index is 0.762. The van der Waals surface area contributed by atoms with Crippen molar-refractivity contribution in [3.05, 3.63) is 42.5 Å². The molecular formula is C15H21N3S. The van der Waals surface area contributed by atoms with Crippen molar-refractivity contribution in [1.82, 2.24) is 10.2 Å². The van der Waals surface area contributed by atoms with Gasteiger partial charge in [-0.25, -0.2) is 0 Å². The highest BCUT2D eigenvalue weighted by atomic mass is 32.1. The molecule has 4 heteroatoms. The van der Waals surface area contributed by atoms with Gasteiger partial charge in [0, 0.05) is 38.4 Å². The second-order valence-electron chi connectivity index (χ2n) is 4.93. The third kappa shape index (κ3) is 3.96. The Morgan fingerprint density at radius 1 is 1.21 bits per heavy atom. The molecule has 3 nitrogen and oxygen atoms in total. The number of para-hydroxylation sites is 1. The lowest BCUT2D eigenvalue weighted by molar-refractivity contribution is 0.381. The van der Waals surface area contributed by atoms with Crippen LogP contribution >= 0.6 is 12.2 Å². The normalized spacial score (nSPS) is 15.2. The van der Waals surface area contributed by atoms with Crippen LogP contribution in [0.2, 0.25) is 0 Å². The third-order valence-electron chi connectivity index (χ3n) is 3.23. The molecule has 1 saturated heterocycles. The van der Waals surface area contributed by atoms with Crippen LogP contribution in [-0.4, -0.2) is 42.7 Å². The van der Waals surface area contributed by atoms with Gasteiger partial charge >= 0.3 is 0 Å². The maximum absolute atomic E-state index is 5.40. The zero-order valence-corrected chi connectivity index (χ0v) is 12.2. The molecule has 1 aromatic carbocycles. The molecular weight excluding hydrogens is 254 g/mol. The van der Waals surface area contributed by atoms with E-state index in [0.29, 0.717) is 0 Å². The molecule has 0 aromatic heterocycles. The number of benzene rings is 1. The summed E-state index contributed by atoms with van der Waals surface area (Å²) in [5, 5.41) is 4.09. The second kappa shape index (κ2) is 6.57. The zero-order chi connectivity index (χ0) is 13.7. The summed E-state index contributed by atoms with van der Waals surface area (Å²) in [7, 11) is 0. The molecule has 0 unspecified atom stereocenters. The average Bonchev–Trinajstić information content (AvgIpc) is 2.46. The van der Waals surface area contributed by atoms with Crippen LogP contribution < -0.4 is 10.2 Å². The van der Waals surface area contributed by atoms with Gasteiger partial charge in [-0.1, -0.05) is 30.4 Å². The van der Waals surface area contributed by atoms with Crippen LogP contribution in [0.5, 0.6) is 0 Å². The molecule has 0 saturated carbocycles. The molecule has 102 valence electrons. The van der Waals surface area contributed by atoms with Gasteiger partial charge in [0.1, 0.15) is 0 Å². The molecule has 0 aliphatic carbocycles. The first-order valence-electron chi connectivity index (χ1n) is 6.64. The Hall–Kier alpha value is -1.55. The van der Waals surface area contributed by atoms with E-state index < -0.39 is 0 Å². The number of rotatable bonds is 3. The van der Waals surface area contributed by atoms with Crippen LogP contribution in [0, 0.1) is 0 Å². The molecule has 1 N–H and O–H groups in total. The van der Waals surface area contributed by atoms with Gasteiger partial charge in [0.2, 0.25) is 0 Å². The summed E-state index contributed by atoms with van der Waals surface area (Å²) in [5.41, 5.74) is 2.40. The van der Waals surface area contributed by atoms with Gasteiger partial charge in [0.25, 0.3) is 0 Å². The number of hydrogen-bond donors (Lipinski definition) is 1. The van der Waals surface area contributed by atoms with E-state index in [9.17, 15) is 0 Å². The average molecular weight is 275 g/mol. The molecule has 1 aromatic rings. The molecule has 0 amide bonds. The number of hydrogen-bond acceptors (Lipinski definition) is 2. The number of anilines is 1. The first-order valence-corrected chi connectivity index (χ1v) is 7.05.